The van der Waals surface area contributed by atoms with Crippen molar-refractivity contribution in [1.29, 1.82) is 0 Å². The van der Waals surface area contributed by atoms with E-state index in [9.17, 15) is 9.59 Å². The average Bonchev–Trinajstić information content (AvgIpc) is 3.35. The van der Waals surface area contributed by atoms with Crippen LogP contribution >= 0.6 is 0 Å². The molecule has 0 aliphatic carbocycles. The van der Waals surface area contributed by atoms with E-state index < -0.39 is 0 Å². The zero-order valence-electron chi connectivity index (χ0n) is 16.1. The van der Waals surface area contributed by atoms with Crippen molar-refractivity contribution in [3.8, 4) is 0 Å². The van der Waals surface area contributed by atoms with Crippen LogP contribution in [0.2, 0.25) is 0 Å². The molecule has 4 rings (SSSR count). The van der Waals surface area contributed by atoms with Crippen molar-refractivity contribution in [2.45, 2.75) is 38.5 Å². The molecule has 1 aromatic heterocycles. The number of amides is 2. The predicted molar refractivity (Wildman–Crippen MR) is 106 cm³/mol. The number of rotatable bonds is 5. The van der Waals surface area contributed by atoms with Crippen molar-refractivity contribution in [2.24, 2.45) is 5.92 Å². The number of aromatic nitrogens is 2. The van der Waals surface area contributed by atoms with Gasteiger partial charge in [-0.2, -0.15) is 5.10 Å². The van der Waals surface area contributed by atoms with Gasteiger partial charge in [0.2, 0.25) is 11.8 Å². The highest BCUT2D eigenvalue weighted by atomic mass is 16.5. The van der Waals surface area contributed by atoms with Gasteiger partial charge in [-0.3, -0.25) is 14.7 Å². The molecule has 1 atom stereocenters. The van der Waals surface area contributed by atoms with Crippen molar-refractivity contribution in [3.63, 3.8) is 0 Å². The molecule has 7 nitrogen and oxygen atoms in total. The number of para-hydroxylation sites is 1. The van der Waals surface area contributed by atoms with E-state index in [1.54, 1.807) is 4.90 Å². The Morgan fingerprint density at radius 1 is 1.32 bits per heavy atom. The molecule has 0 saturated carbocycles. The van der Waals surface area contributed by atoms with Crippen LogP contribution in [0.15, 0.2) is 30.3 Å². The highest BCUT2D eigenvalue weighted by Crippen LogP contribution is 2.30. The fourth-order valence-electron chi connectivity index (χ4n) is 4.04. The van der Waals surface area contributed by atoms with Crippen LogP contribution in [0.1, 0.15) is 43.4 Å². The molecule has 2 fully saturated rings. The van der Waals surface area contributed by atoms with E-state index in [1.807, 2.05) is 30.3 Å². The van der Waals surface area contributed by atoms with Crippen molar-refractivity contribution in [1.82, 2.24) is 10.2 Å². The summed E-state index contributed by atoms with van der Waals surface area (Å²) < 4.78 is 5.39. The molecule has 2 aromatic rings. The number of aromatic amines is 1. The number of hydrogen-bond donors (Lipinski definition) is 2. The number of aryl methyl sites for hydroxylation is 1. The summed E-state index contributed by atoms with van der Waals surface area (Å²) in [7, 11) is 0. The molecule has 0 radical (unpaired) electrons. The minimum Gasteiger partial charge on any atom is -0.381 e. The minimum absolute atomic E-state index is 0.00836. The molecule has 3 heterocycles. The second-order valence-electron chi connectivity index (χ2n) is 7.47. The van der Waals surface area contributed by atoms with Gasteiger partial charge in [0.05, 0.1) is 5.92 Å². The normalized spacial score (nSPS) is 20.5. The van der Waals surface area contributed by atoms with Crippen molar-refractivity contribution in [3.05, 3.63) is 41.6 Å². The molecule has 148 valence electrons. The SMILES string of the molecule is CCc1ccccc1N1CC(C(=O)Nc2cc(C3CCOCC3)[nH]n2)CC1=O. The van der Waals surface area contributed by atoms with Gasteiger partial charge in [0.15, 0.2) is 5.82 Å². The van der Waals surface area contributed by atoms with Gasteiger partial charge >= 0.3 is 0 Å². The number of carbonyl (C=O) groups is 2. The lowest BCUT2D eigenvalue weighted by atomic mass is 9.97. The number of nitrogens with one attached hydrogen (secondary N) is 2. The van der Waals surface area contributed by atoms with Crippen LogP contribution in [0, 0.1) is 5.92 Å². The molecule has 2 amide bonds. The molecule has 2 aliphatic heterocycles. The van der Waals surface area contributed by atoms with Gasteiger partial charge in [-0.25, -0.2) is 0 Å². The summed E-state index contributed by atoms with van der Waals surface area (Å²) in [5, 5.41) is 10.1. The Hall–Kier alpha value is -2.67. The summed E-state index contributed by atoms with van der Waals surface area (Å²) in [6, 6.07) is 9.77. The second kappa shape index (κ2) is 8.14. The summed E-state index contributed by atoms with van der Waals surface area (Å²) in [6.07, 6.45) is 2.98. The maximum absolute atomic E-state index is 12.7. The van der Waals surface area contributed by atoms with Crippen molar-refractivity contribution in [2.75, 3.05) is 30.0 Å². The fourth-order valence-corrected chi connectivity index (χ4v) is 4.04. The first-order valence-corrected chi connectivity index (χ1v) is 9.98. The Morgan fingerprint density at radius 3 is 2.89 bits per heavy atom. The first-order valence-electron chi connectivity index (χ1n) is 9.98. The smallest absolute Gasteiger partial charge is 0.231 e. The monoisotopic (exact) mass is 382 g/mol. The minimum atomic E-state index is -0.374. The topological polar surface area (TPSA) is 87.3 Å². The molecular formula is C21H26N4O3. The Balaban J connectivity index is 1.40. The van der Waals surface area contributed by atoms with Gasteiger partial charge in [-0.1, -0.05) is 25.1 Å². The van der Waals surface area contributed by atoms with Gasteiger partial charge in [0.1, 0.15) is 0 Å². The van der Waals surface area contributed by atoms with E-state index >= 15 is 0 Å². The quantitative estimate of drug-likeness (QED) is 0.832. The maximum atomic E-state index is 12.7. The Kier molecular flexibility index (Phi) is 5.43. The molecule has 2 aliphatic rings. The van der Waals surface area contributed by atoms with Gasteiger partial charge in [-0.15, -0.1) is 0 Å². The summed E-state index contributed by atoms with van der Waals surface area (Å²) in [6.45, 7) is 3.98. The number of benzene rings is 1. The lowest BCUT2D eigenvalue weighted by Gasteiger charge is -2.20. The maximum Gasteiger partial charge on any atom is 0.231 e. The summed E-state index contributed by atoms with van der Waals surface area (Å²) in [4.78, 5) is 27.0. The Morgan fingerprint density at radius 2 is 2.11 bits per heavy atom. The third kappa shape index (κ3) is 3.80. The van der Waals surface area contributed by atoms with E-state index in [2.05, 4.69) is 22.4 Å². The van der Waals surface area contributed by atoms with Crippen LogP contribution in [0.3, 0.4) is 0 Å². The molecule has 0 bridgehead atoms. The number of hydrogen-bond acceptors (Lipinski definition) is 4. The number of H-pyrrole nitrogens is 1. The fraction of sp³-hybridized carbons (Fsp3) is 0.476. The summed E-state index contributed by atoms with van der Waals surface area (Å²) in [5.41, 5.74) is 3.05. The van der Waals surface area contributed by atoms with Crippen molar-refractivity contribution < 1.29 is 14.3 Å². The standard InChI is InChI=1S/C21H26N4O3/c1-2-14-5-3-4-6-18(14)25-13-16(11-20(25)26)21(27)22-19-12-17(23-24-19)15-7-9-28-10-8-15/h3-6,12,15-16H,2,7-11,13H2,1H3,(H2,22,23,24,27). The van der Waals surface area contributed by atoms with Crippen molar-refractivity contribution >= 4 is 23.3 Å². The van der Waals surface area contributed by atoms with Crippen LogP contribution in [-0.2, 0) is 20.7 Å². The number of carbonyl (C=O) groups excluding carboxylic acids is 2. The molecule has 7 heteroatoms. The molecule has 2 N–H and O–H groups in total. The zero-order valence-corrected chi connectivity index (χ0v) is 16.1. The van der Waals surface area contributed by atoms with Crippen LogP contribution in [0.5, 0.6) is 0 Å². The Bertz CT molecular complexity index is 857. The summed E-state index contributed by atoms with van der Waals surface area (Å²) >= 11 is 0. The van der Waals surface area contributed by atoms with E-state index in [0.717, 1.165) is 49.4 Å². The molecule has 28 heavy (non-hydrogen) atoms. The van der Waals surface area contributed by atoms with Gasteiger partial charge in [-0.05, 0) is 30.9 Å². The van der Waals surface area contributed by atoms with E-state index in [4.69, 9.17) is 4.74 Å². The van der Waals surface area contributed by atoms with E-state index in [0.29, 0.717) is 18.3 Å². The average molecular weight is 382 g/mol. The highest BCUT2D eigenvalue weighted by molar-refractivity contribution is 6.03. The number of nitrogens with zero attached hydrogens (tertiary/aromatic N) is 2. The van der Waals surface area contributed by atoms with Gasteiger partial charge < -0.3 is 15.0 Å². The molecule has 1 unspecified atom stereocenters. The zero-order chi connectivity index (χ0) is 19.5. The lowest BCUT2D eigenvalue weighted by molar-refractivity contribution is -0.122. The van der Waals surface area contributed by atoms with Crippen LogP contribution in [0.4, 0.5) is 11.5 Å². The third-order valence-corrected chi connectivity index (χ3v) is 5.67. The number of ether oxygens (including phenoxy) is 1. The molecule has 1 aromatic carbocycles. The van der Waals surface area contributed by atoms with Gasteiger partial charge in [0, 0.05) is 49.5 Å². The van der Waals surface area contributed by atoms with Gasteiger partial charge in [0.25, 0.3) is 0 Å². The second-order valence-corrected chi connectivity index (χ2v) is 7.47. The van der Waals surface area contributed by atoms with Crippen LogP contribution in [0.25, 0.3) is 0 Å². The predicted octanol–water partition coefficient (Wildman–Crippen LogP) is 2.86. The lowest BCUT2D eigenvalue weighted by Crippen LogP contribution is -2.28. The highest BCUT2D eigenvalue weighted by Gasteiger charge is 2.36. The molecule has 0 spiro atoms. The van der Waals surface area contributed by atoms with Crippen LogP contribution < -0.4 is 10.2 Å². The van der Waals surface area contributed by atoms with E-state index in [-0.39, 0.29) is 24.2 Å². The molecule has 2 saturated heterocycles. The first kappa shape index (κ1) is 18.7. The first-order chi connectivity index (χ1) is 13.7. The molecular weight excluding hydrogens is 356 g/mol. The van der Waals surface area contributed by atoms with E-state index in [1.165, 1.54) is 0 Å². The number of anilines is 2. The summed E-state index contributed by atoms with van der Waals surface area (Å²) in [5.74, 6) is 0.369. The Labute approximate surface area is 164 Å². The third-order valence-electron chi connectivity index (χ3n) is 5.67. The van der Waals surface area contributed by atoms with Crippen LogP contribution in [-0.4, -0.2) is 41.8 Å². The largest absolute Gasteiger partial charge is 0.381 e.